The Bertz CT molecular complexity index is 103. The van der Waals surface area contributed by atoms with Crippen LogP contribution < -0.4 is 0 Å². The minimum absolute atomic E-state index is 0.657. The zero-order valence-corrected chi connectivity index (χ0v) is 4.46. The molecule has 0 N–H and O–H groups in total. The molecular weight excluding hydrogens is 86.1 g/mol. The number of hydrogen-bond acceptors (Lipinski definition) is 1. The Kier molecular flexibility index (Phi) is 1.25. The number of aliphatic imine (C=N–C) groups is 1. The lowest BCUT2D eigenvalue weighted by atomic mass is 10.1. The van der Waals surface area contributed by atoms with Gasteiger partial charge in [-0.3, -0.25) is 4.99 Å². The van der Waals surface area contributed by atoms with Gasteiger partial charge in [-0.1, -0.05) is 13.0 Å². The van der Waals surface area contributed by atoms with E-state index < -0.39 is 0 Å². The van der Waals surface area contributed by atoms with E-state index in [1.807, 2.05) is 12.3 Å². The van der Waals surface area contributed by atoms with Gasteiger partial charge >= 0.3 is 0 Å². The van der Waals surface area contributed by atoms with Gasteiger partial charge in [0.05, 0.1) is 0 Å². The van der Waals surface area contributed by atoms with E-state index in [-0.39, 0.29) is 0 Å². The second-order valence-corrected chi connectivity index (χ2v) is 1.88. The normalized spacial score (nSPS) is 28.4. The molecule has 0 saturated heterocycles. The number of allylic oxidation sites excluding steroid dienone is 1. The van der Waals surface area contributed by atoms with Crippen molar-refractivity contribution in [2.45, 2.75) is 6.92 Å². The monoisotopic (exact) mass is 95.1 g/mol. The third-order valence-electron chi connectivity index (χ3n) is 1.02. The van der Waals surface area contributed by atoms with Crippen LogP contribution in [0.4, 0.5) is 0 Å². The quantitative estimate of drug-likeness (QED) is 0.429. The van der Waals surface area contributed by atoms with Crippen molar-refractivity contribution in [2.24, 2.45) is 10.9 Å². The summed E-state index contributed by atoms with van der Waals surface area (Å²) in [5.74, 6) is 0.657. The van der Waals surface area contributed by atoms with Gasteiger partial charge in [0.2, 0.25) is 0 Å². The summed E-state index contributed by atoms with van der Waals surface area (Å²) in [6, 6.07) is 0. The summed E-state index contributed by atoms with van der Waals surface area (Å²) in [7, 11) is 0. The molecule has 1 aliphatic rings. The highest BCUT2D eigenvalue weighted by molar-refractivity contribution is 5.71. The maximum Gasteiger partial charge on any atom is 0.0449 e. The van der Waals surface area contributed by atoms with E-state index in [9.17, 15) is 0 Å². The van der Waals surface area contributed by atoms with Gasteiger partial charge in [-0.25, -0.2) is 0 Å². The standard InChI is InChI=1S/C6H9N/c1-6-3-2-4-7-5-6/h2-4,6H,5H2,1H3/t6-/m1/s1. The Morgan fingerprint density at radius 2 is 2.57 bits per heavy atom. The summed E-state index contributed by atoms with van der Waals surface area (Å²) < 4.78 is 0. The third-order valence-corrected chi connectivity index (χ3v) is 1.02. The summed E-state index contributed by atoms with van der Waals surface area (Å²) in [6.45, 7) is 3.13. The Hall–Kier alpha value is -0.590. The van der Waals surface area contributed by atoms with Crippen LogP contribution in [-0.2, 0) is 0 Å². The summed E-state index contributed by atoms with van der Waals surface area (Å²) in [5.41, 5.74) is 0. The molecule has 1 nitrogen and oxygen atoms in total. The number of dihydropyridines is 1. The lowest BCUT2D eigenvalue weighted by molar-refractivity contribution is 0.737. The maximum absolute atomic E-state index is 4.05. The Balaban J connectivity index is 2.49. The molecule has 1 rings (SSSR count). The molecule has 1 atom stereocenters. The molecule has 0 aromatic carbocycles. The van der Waals surface area contributed by atoms with Crippen molar-refractivity contribution in [1.82, 2.24) is 0 Å². The molecule has 0 unspecified atom stereocenters. The molecule has 1 heterocycles. The molecule has 0 aliphatic carbocycles. The summed E-state index contributed by atoms with van der Waals surface area (Å²) in [4.78, 5) is 4.05. The lowest BCUT2D eigenvalue weighted by Crippen LogP contribution is -1.97. The number of rotatable bonds is 0. The predicted molar refractivity (Wildman–Crippen MR) is 31.7 cm³/mol. The largest absolute Gasteiger partial charge is 0.293 e. The zero-order chi connectivity index (χ0) is 5.11. The first-order chi connectivity index (χ1) is 3.39. The van der Waals surface area contributed by atoms with E-state index in [1.54, 1.807) is 0 Å². The smallest absolute Gasteiger partial charge is 0.0449 e. The maximum atomic E-state index is 4.05. The molecule has 0 aromatic heterocycles. The molecule has 1 heteroatoms. The van der Waals surface area contributed by atoms with Gasteiger partial charge in [0, 0.05) is 12.8 Å². The SMILES string of the molecule is C[C@@H]1C=CC=NC1. The van der Waals surface area contributed by atoms with Crippen molar-refractivity contribution in [1.29, 1.82) is 0 Å². The van der Waals surface area contributed by atoms with Crippen molar-refractivity contribution in [3.63, 3.8) is 0 Å². The van der Waals surface area contributed by atoms with Crippen molar-refractivity contribution in [2.75, 3.05) is 6.54 Å². The zero-order valence-electron chi connectivity index (χ0n) is 4.46. The van der Waals surface area contributed by atoms with Crippen LogP contribution in [0.3, 0.4) is 0 Å². The molecular formula is C6H9N. The van der Waals surface area contributed by atoms with E-state index in [1.165, 1.54) is 0 Å². The predicted octanol–water partition coefficient (Wildman–Crippen LogP) is 1.26. The van der Waals surface area contributed by atoms with Crippen LogP contribution >= 0.6 is 0 Å². The first-order valence-corrected chi connectivity index (χ1v) is 2.56. The molecule has 0 spiro atoms. The molecule has 0 amide bonds. The van der Waals surface area contributed by atoms with Crippen molar-refractivity contribution < 1.29 is 0 Å². The molecule has 0 radical (unpaired) electrons. The van der Waals surface area contributed by atoms with Crippen molar-refractivity contribution in [3.05, 3.63) is 12.2 Å². The Labute approximate surface area is 43.8 Å². The van der Waals surface area contributed by atoms with E-state index in [4.69, 9.17) is 0 Å². The van der Waals surface area contributed by atoms with Gasteiger partial charge in [0.25, 0.3) is 0 Å². The van der Waals surface area contributed by atoms with Crippen molar-refractivity contribution in [3.8, 4) is 0 Å². The first-order valence-electron chi connectivity index (χ1n) is 2.56. The van der Waals surface area contributed by atoms with Crippen LogP contribution in [0.5, 0.6) is 0 Å². The molecule has 1 aliphatic heterocycles. The highest BCUT2D eigenvalue weighted by Gasteiger charge is 1.94. The summed E-state index contributed by atoms with van der Waals surface area (Å²) >= 11 is 0. The second-order valence-electron chi connectivity index (χ2n) is 1.88. The molecule has 0 bridgehead atoms. The highest BCUT2D eigenvalue weighted by Crippen LogP contribution is 1.99. The average Bonchev–Trinajstić information content (AvgIpc) is 1.69. The average molecular weight is 95.1 g/mol. The highest BCUT2D eigenvalue weighted by atomic mass is 14.7. The van der Waals surface area contributed by atoms with Gasteiger partial charge in [-0.15, -0.1) is 0 Å². The van der Waals surface area contributed by atoms with Crippen LogP contribution in [0.1, 0.15) is 6.92 Å². The minimum Gasteiger partial charge on any atom is -0.293 e. The molecule has 7 heavy (non-hydrogen) atoms. The van der Waals surface area contributed by atoms with Gasteiger partial charge in [-0.05, 0) is 12.0 Å². The van der Waals surface area contributed by atoms with Crippen LogP contribution in [0, 0.1) is 5.92 Å². The fourth-order valence-corrected chi connectivity index (χ4v) is 0.588. The Morgan fingerprint density at radius 1 is 1.71 bits per heavy atom. The van der Waals surface area contributed by atoms with Crippen LogP contribution in [0.15, 0.2) is 17.1 Å². The van der Waals surface area contributed by atoms with Crippen LogP contribution in [0.2, 0.25) is 0 Å². The van der Waals surface area contributed by atoms with Gasteiger partial charge in [0.1, 0.15) is 0 Å². The minimum atomic E-state index is 0.657. The van der Waals surface area contributed by atoms with Crippen LogP contribution in [-0.4, -0.2) is 12.8 Å². The van der Waals surface area contributed by atoms with Gasteiger partial charge in [-0.2, -0.15) is 0 Å². The lowest BCUT2D eigenvalue weighted by Gasteiger charge is -2.01. The van der Waals surface area contributed by atoms with Crippen molar-refractivity contribution >= 4 is 6.21 Å². The molecule has 0 aromatic rings. The third kappa shape index (κ3) is 1.15. The van der Waals surface area contributed by atoms with E-state index >= 15 is 0 Å². The summed E-state index contributed by atoms with van der Waals surface area (Å²) in [6.07, 6.45) is 6.00. The molecule has 0 saturated carbocycles. The fourth-order valence-electron chi connectivity index (χ4n) is 0.588. The Morgan fingerprint density at radius 3 is 2.86 bits per heavy atom. The topological polar surface area (TPSA) is 12.4 Å². The first kappa shape index (κ1) is 4.57. The van der Waals surface area contributed by atoms with E-state index in [0.717, 1.165) is 6.54 Å². The molecule has 0 fully saturated rings. The number of hydrogen-bond donors (Lipinski definition) is 0. The van der Waals surface area contributed by atoms with E-state index in [0.29, 0.717) is 5.92 Å². The van der Waals surface area contributed by atoms with E-state index in [2.05, 4.69) is 18.0 Å². The number of nitrogens with zero attached hydrogens (tertiary/aromatic N) is 1. The van der Waals surface area contributed by atoms with Gasteiger partial charge < -0.3 is 0 Å². The van der Waals surface area contributed by atoms with Crippen LogP contribution in [0.25, 0.3) is 0 Å². The molecule has 38 valence electrons. The fraction of sp³-hybridized carbons (Fsp3) is 0.500. The van der Waals surface area contributed by atoms with Gasteiger partial charge in [0.15, 0.2) is 0 Å². The second kappa shape index (κ2) is 1.92. The summed E-state index contributed by atoms with van der Waals surface area (Å²) in [5, 5.41) is 0.